The first-order chi connectivity index (χ1) is 14.0. The van der Waals surface area contributed by atoms with Crippen LogP contribution >= 0.6 is 34.3 Å². The molecule has 1 N–H and O–H groups in total. The van der Waals surface area contributed by atoms with Crippen LogP contribution in [0.1, 0.15) is 29.9 Å². The minimum absolute atomic E-state index is 0.0644. The van der Waals surface area contributed by atoms with E-state index in [4.69, 9.17) is 11.6 Å². The highest BCUT2D eigenvalue weighted by molar-refractivity contribution is 7.23. The van der Waals surface area contributed by atoms with Crippen molar-refractivity contribution in [2.45, 2.75) is 26.3 Å². The normalized spacial score (nSPS) is 12.1. The van der Waals surface area contributed by atoms with Crippen LogP contribution in [0, 0.1) is 6.92 Å². The van der Waals surface area contributed by atoms with Gasteiger partial charge in [0.1, 0.15) is 5.01 Å². The van der Waals surface area contributed by atoms with Gasteiger partial charge in [0.2, 0.25) is 5.91 Å². The summed E-state index contributed by atoms with van der Waals surface area (Å²) >= 11 is 9.01. The molecule has 0 saturated carbocycles. The third-order valence-corrected chi connectivity index (χ3v) is 6.86. The van der Waals surface area contributed by atoms with Crippen molar-refractivity contribution in [3.63, 3.8) is 0 Å². The summed E-state index contributed by atoms with van der Waals surface area (Å²) < 4.78 is 2.62. The van der Waals surface area contributed by atoms with Gasteiger partial charge in [-0.15, -0.1) is 22.7 Å². The van der Waals surface area contributed by atoms with E-state index < -0.39 is 0 Å². The molecular weight excluding hydrogens is 424 g/mol. The van der Waals surface area contributed by atoms with Gasteiger partial charge in [-0.05, 0) is 38.1 Å². The average molecular weight is 443 g/mol. The van der Waals surface area contributed by atoms with E-state index >= 15 is 0 Å². The Balaban J connectivity index is 1.41. The summed E-state index contributed by atoms with van der Waals surface area (Å²) in [7, 11) is 0. The fraction of sp³-hybridized carbons (Fsp3) is 0.190. The van der Waals surface area contributed by atoms with Crippen molar-refractivity contribution in [2.75, 3.05) is 0 Å². The second-order valence-electron chi connectivity index (χ2n) is 6.65. The Morgan fingerprint density at radius 1 is 1.24 bits per heavy atom. The number of amides is 1. The molecule has 5 nitrogen and oxygen atoms in total. The van der Waals surface area contributed by atoms with E-state index in [1.54, 1.807) is 0 Å². The van der Waals surface area contributed by atoms with Gasteiger partial charge in [-0.25, -0.2) is 9.67 Å². The topological polar surface area (TPSA) is 59.8 Å². The molecule has 148 valence electrons. The third-order valence-electron chi connectivity index (χ3n) is 4.57. The first-order valence-corrected chi connectivity index (χ1v) is 11.2. The highest BCUT2D eigenvalue weighted by Crippen LogP contribution is 2.33. The number of hydrogen-bond acceptors (Lipinski definition) is 5. The maximum Gasteiger partial charge on any atom is 0.226 e. The number of thiazole rings is 1. The first kappa shape index (κ1) is 19.8. The summed E-state index contributed by atoms with van der Waals surface area (Å²) in [4.78, 5) is 18.1. The van der Waals surface area contributed by atoms with E-state index in [1.807, 2.05) is 72.6 Å². The van der Waals surface area contributed by atoms with Gasteiger partial charge in [0.15, 0.2) is 0 Å². The summed E-state index contributed by atoms with van der Waals surface area (Å²) in [6.07, 6.45) is 2.06. The molecule has 4 aromatic rings. The van der Waals surface area contributed by atoms with Crippen molar-refractivity contribution >= 4 is 40.2 Å². The molecule has 1 aromatic carbocycles. The maximum atomic E-state index is 12.5. The predicted molar refractivity (Wildman–Crippen MR) is 119 cm³/mol. The quantitative estimate of drug-likeness (QED) is 0.432. The Hall–Kier alpha value is -2.48. The highest BCUT2D eigenvalue weighted by atomic mass is 35.5. The van der Waals surface area contributed by atoms with Crippen molar-refractivity contribution in [1.29, 1.82) is 0 Å². The molecule has 4 rings (SSSR count). The van der Waals surface area contributed by atoms with E-state index in [0.717, 1.165) is 36.9 Å². The average Bonchev–Trinajstić information content (AvgIpc) is 3.42. The summed E-state index contributed by atoms with van der Waals surface area (Å²) in [6, 6.07) is 13.6. The fourth-order valence-electron chi connectivity index (χ4n) is 3.14. The van der Waals surface area contributed by atoms with Gasteiger partial charge in [-0.1, -0.05) is 29.8 Å². The Morgan fingerprint density at radius 3 is 2.76 bits per heavy atom. The highest BCUT2D eigenvalue weighted by Gasteiger charge is 2.17. The molecule has 3 aromatic heterocycles. The van der Waals surface area contributed by atoms with Gasteiger partial charge < -0.3 is 5.32 Å². The lowest BCUT2D eigenvalue weighted by Crippen LogP contribution is -2.28. The number of rotatable bonds is 6. The van der Waals surface area contributed by atoms with Crippen LogP contribution in [0.3, 0.4) is 0 Å². The van der Waals surface area contributed by atoms with Crippen LogP contribution in [-0.2, 0) is 11.2 Å². The van der Waals surface area contributed by atoms with Crippen LogP contribution in [0.25, 0.3) is 15.6 Å². The number of hydrogen-bond donors (Lipinski definition) is 1. The molecule has 29 heavy (non-hydrogen) atoms. The molecule has 1 amide bonds. The molecule has 0 aliphatic carbocycles. The van der Waals surface area contributed by atoms with Crippen LogP contribution in [0.15, 0.2) is 54.0 Å². The van der Waals surface area contributed by atoms with E-state index in [0.29, 0.717) is 0 Å². The Bertz CT molecular complexity index is 1130. The monoisotopic (exact) mass is 442 g/mol. The zero-order chi connectivity index (χ0) is 20.4. The second-order valence-corrected chi connectivity index (χ2v) is 9.22. The molecule has 0 radical (unpaired) electrons. The molecule has 0 fully saturated rings. The van der Waals surface area contributed by atoms with Crippen molar-refractivity contribution in [3.8, 4) is 15.6 Å². The number of benzene rings is 1. The van der Waals surface area contributed by atoms with Crippen LogP contribution in [-0.4, -0.2) is 20.7 Å². The minimum atomic E-state index is -0.144. The third kappa shape index (κ3) is 4.42. The minimum Gasteiger partial charge on any atom is -0.349 e. The molecule has 1 atom stereocenters. The lowest BCUT2D eigenvalue weighted by molar-refractivity contribution is -0.121. The Labute approximate surface area is 182 Å². The largest absolute Gasteiger partial charge is 0.349 e. The zero-order valence-corrected chi connectivity index (χ0v) is 18.3. The van der Waals surface area contributed by atoms with Crippen LogP contribution < -0.4 is 5.32 Å². The molecule has 0 aliphatic heterocycles. The summed E-state index contributed by atoms with van der Waals surface area (Å²) in [5.41, 5.74) is 3.76. The smallest absolute Gasteiger partial charge is 0.226 e. The summed E-state index contributed by atoms with van der Waals surface area (Å²) in [5.74, 6) is -0.0644. The van der Waals surface area contributed by atoms with Crippen LogP contribution in [0.5, 0.6) is 0 Å². The van der Waals surface area contributed by atoms with Crippen LogP contribution in [0.2, 0.25) is 4.34 Å². The number of carbonyl (C=O) groups is 1. The molecule has 0 aliphatic rings. The van der Waals surface area contributed by atoms with E-state index in [-0.39, 0.29) is 18.4 Å². The SMILES string of the molecule is Cc1c(C(C)NC(=O)Cc2csc(-c3ccc(Cl)s3)n2)cnn1-c1ccccc1. The number of aromatic nitrogens is 3. The van der Waals surface area contributed by atoms with Crippen molar-refractivity contribution in [3.05, 3.63) is 75.3 Å². The Morgan fingerprint density at radius 2 is 2.03 bits per heavy atom. The van der Waals surface area contributed by atoms with E-state index in [2.05, 4.69) is 15.4 Å². The zero-order valence-electron chi connectivity index (χ0n) is 15.9. The van der Waals surface area contributed by atoms with Gasteiger partial charge in [0, 0.05) is 16.6 Å². The van der Waals surface area contributed by atoms with Gasteiger partial charge >= 0.3 is 0 Å². The number of nitrogens with zero attached hydrogens (tertiary/aromatic N) is 3. The first-order valence-electron chi connectivity index (χ1n) is 9.10. The lowest BCUT2D eigenvalue weighted by Gasteiger charge is -2.14. The number of thiophene rings is 1. The molecular formula is C21H19ClN4OS2. The molecule has 8 heteroatoms. The number of para-hydroxylation sites is 1. The maximum absolute atomic E-state index is 12.5. The van der Waals surface area contributed by atoms with E-state index in [1.165, 1.54) is 22.7 Å². The second kappa shape index (κ2) is 8.49. The van der Waals surface area contributed by atoms with Crippen LogP contribution in [0.4, 0.5) is 0 Å². The number of nitrogens with one attached hydrogen (secondary N) is 1. The molecule has 0 saturated heterocycles. The lowest BCUT2D eigenvalue weighted by atomic mass is 10.1. The molecule has 0 spiro atoms. The van der Waals surface area contributed by atoms with Crippen molar-refractivity contribution in [1.82, 2.24) is 20.1 Å². The van der Waals surface area contributed by atoms with Gasteiger partial charge in [-0.2, -0.15) is 5.10 Å². The van der Waals surface area contributed by atoms with E-state index in [9.17, 15) is 4.79 Å². The van der Waals surface area contributed by atoms with Gasteiger partial charge in [-0.3, -0.25) is 4.79 Å². The summed E-state index contributed by atoms with van der Waals surface area (Å²) in [6.45, 7) is 3.98. The fourth-order valence-corrected chi connectivity index (χ4v) is 5.08. The van der Waals surface area contributed by atoms with Gasteiger partial charge in [0.05, 0.1) is 39.3 Å². The van der Waals surface area contributed by atoms with Gasteiger partial charge in [0.25, 0.3) is 0 Å². The summed E-state index contributed by atoms with van der Waals surface area (Å²) in [5, 5.41) is 10.3. The Kier molecular flexibility index (Phi) is 5.80. The standard InChI is InChI=1S/C21H19ClN4OS2/c1-13(17-11-23-26(14(17)2)16-6-4-3-5-7-16)24-20(27)10-15-12-28-21(25-15)18-8-9-19(22)29-18/h3-9,11-13H,10H2,1-2H3,(H,24,27). The molecule has 3 heterocycles. The van der Waals surface area contributed by atoms with Crippen molar-refractivity contribution in [2.24, 2.45) is 0 Å². The molecule has 0 bridgehead atoms. The molecule has 1 unspecified atom stereocenters. The number of carbonyl (C=O) groups excluding carboxylic acids is 1. The van der Waals surface area contributed by atoms with Crippen molar-refractivity contribution < 1.29 is 4.79 Å². The predicted octanol–water partition coefficient (Wildman–Crippen LogP) is 5.44. The number of halogens is 1.